The molecule has 0 unspecified atom stereocenters. The molecule has 0 radical (unpaired) electrons. The third-order valence-electron chi connectivity index (χ3n) is 4.06. The molecule has 3 rings (SSSR count). The topological polar surface area (TPSA) is 73.2 Å². The molecule has 1 N–H and O–H groups in total. The maximum Gasteiger partial charge on any atom is 0.408 e. The maximum atomic E-state index is 13.9. The number of aromatic nitrogens is 2. The fourth-order valence-corrected chi connectivity index (χ4v) is 3.51. The van der Waals surface area contributed by atoms with Crippen molar-refractivity contribution in [2.45, 2.75) is 39.3 Å². The van der Waals surface area contributed by atoms with Gasteiger partial charge in [-0.3, -0.25) is 9.36 Å². The van der Waals surface area contributed by atoms with Crippen molar-refractivity contribution in [2.24, 2.45) is 0 Å². The number of alkyl carbamates (subject to hydrolysis) is 1. The second-order valence-corrected chi connectivity index (χ2v) is 8.76. The first-order valence-corrected chi connectivity index (χ1v) is 10.1. The van der Waals surface area contributed by atoms with E-state index in [1.807, 2.05) is 6.07 Å². The van der Waals surface area contributed by atoms with Gasteiger partial charge in [0.05, 0.1) is 22.6 Å². The van der Waals surface area contributed by atoms with Gasteiger partial charge < -0.3 is 10.1 Å². The van der Waals surface area contributed by atoms with Crippen LogP contribution in [-0.4, -0.2) is 21.2 Å². The molecule has 1 amide bonds. The molecule has 0 aliphatic carbocycles. The van der Waals surface area contributed by atoms with Crippen LogP contribution in [0, 0.1) is 9.39 Å². The molecular weight excluding hydrogens is 488 g/mol. The molecule has 2 aromatic carbocycles. The standard InChI is InChI=1S/C21H21FIN3O3/c1-12(24-20(28)29-21(2,3)4)18-25-17-15(9-6-10-16(17)23)19(27)26(18)14-8-5-7-13(22)11-14/h5-12H,1-4H3,(H,24,28)/t12-/m0/s1. The highest BCUT2D eigenvalue weighted by Gasteiger charge is 2.23. The molecule has 0 saturated heterocycles. The summed E-state index contributed by atoms with van der Waals surface area (Å²) in [4.78, 5) is 30.2. The number of ether oxygens (including phenoxy) is 1. The van der Waals surface area contributed by atoms with E-state index in [2.05, 4.69) is 32.9 Å². The number of hydrogen-bond acceptors (Lipinski definition) is 4. The van der Waals surface area contributed by atoms with E-state index in [4.69, 9.17) is 4.74 Å². The van der Waals surface area contributed by atoms with Gasteiger partial charge in [0.1, 0.15) is 17.2 Å². The number of benzene rings is 2. The largest absolute Gasteiger partial charge is 0.444 e. The lowest BCUT2D eigenvalue weighted by molar-refractivity contribution is 0.0505. The minimum Gasteiger partial charge on any atom is -0.444 e. The molecule has 0 saturated carbocycles. The van der Waals surface area contributed by atoms with Crippen molar-refractivity contribution in [1.29, 1.82) is 0 Å². The van der Waals surface area contributed by atoms with Crippen molar-refractivity contribution in [3.05, 3.63) is 68.0 Å². The van der Waals surface area contributed by atoms with Gasteiger partial charge in [0.15, 0.2) is 0 Å². The van der Waals surface area contributed by atoms with Crippen LogP contribution >= 0.6 is 22.6 Å². The number of amides is 1. The van der Waals surface area contributed by atoms with E-state index < -0.39 is 23.6 Å². The van der Waals surface area contributed by atoms with Crippen LogP contribution in [0.3, 0.4) is 0 Å². The summed E-state index contributed by atoms with van der Waals surface area (Å²) in [5, 5.41) is 3.12. The van der Waals surface area contributed by atoms with E-state index in [-0.39, 0.29) is 11.4 Å². The van der Waals surface area contributed by atoms with Crippen molar-refractivity contribution in [3.8, 4) is 5.69 Å². The van der Waals surface area contributed by atoms with E-state index in [0.717, 1.165) is 3.57 Å². The van der Waals surface area contributed by atoms with Crippen LogP contribution in [0.2, 0.25) is 0 Å². The quantitative estimate of drug-likeness (QED) is 0.519. The third-order valence-corrected chi connectivity index (χ3v) is 4.93. The number of hydrogen-bond donors (Lipinski definition) is 1. The molecule has 0 spiro atoms. The normalized spacial score (nSPS) is 12.6. The first-order chi connectivity index (χ1) is 13.6. The first-order valence-electron chi connectivity index (χ1n) is 9.03. The van der Waals surface area contributed by atoms with Crippen molar-refractivity contribution in [3.63, 3.8) is 0 Å². The Morgan fingerprint density at radius 2 is 1.93 bits per heavy atom. The summed E-state index contributed by atoms with van der Waals surface area (Å²) in [5.41, 5.74) is -0.153. The van der Waals surface area contributed by atoms with Gasteiger partial charge in [-0.25, -0.2) is 14.2 Å². The zero-order valence-electron chi connectivity index (χ0n) is 16.5. The molecule has 0 fully saturated rings. The highest BCUT2D eigenvalue weighted by molar-refractivity contribution is 14.1. The Labute approximate surface area is 181 Å². The SMILES string of the molecule is C[C@H](NC(=O)OC(C)(C)C)c1nc2c(I)cccc2c(=O)n1-c1cccc(F)c1. The summed E-state index contributed by atoms with van der Waals surface area (Å²) in [6.45, 7) is 6.98. The predicted molar refractivity (Wildman–Crippen MR) is 118 cm³/mol. The molecule has 8 heteroatoms. The number of halogens is 2. The zero-order chi connectivity index (χ0) is 21.3. The van der Waals surface area contributed by atoms with Crippen molar-refractivity contribution in [2.75, 3.05) is 0 Å². The average molecular weight is 509 g/mol. The van der Waals surface area contributed by atoms with Gasteiger partial charge in [0.2, 0.25) is 0 Å². The Morgan fingerprint density at radius 1 is 1.24 bits per heavy atom. The Balaban J connectivity index is 2.18. The smallest absolute Gasteiger partial charge is 0.408 e. The molecular formula is C21H21FIN3O3. The van der Waals surface area contributed by atoms with Crippen molar-refractivity contribution in [1.82, 2.24) is 14.9 Å². The number of fused-ring (bicyclic) bond motifs is 1. The molecule has 6 nitrogen and oxygen atoms in total. The summed E-state index contributed by atoms with van der Waals surface area (Å²) in [7, 11) is 0. The van der Waals surface area contributed by atoms with Crippen LogP contribution in [0.4, 0.5) is 9.18 Å². The summed E-state index contributed by atoms with van der Waals surface area (Å²) in [6, 6.07) is 10.3. The van der Waals surface area contributed by atoms with E-state index in [1.54, 1.807) is 45.9 Å². The van der Waals surface area contributed by atoms with E-state index in [9.17, 15) is 14.0 Å². The number of rotatable bonds is 3. The summed E-state index contributed by atoms with van der Waals surface area (Å²) < 4.78 is 21.3. The number of nitrogens with one attached hydrogen (secondary N) is 1. The van der Waals surface area contributed by atoms with E-state index in [0.29, 0.717) is 16.6 Å². The van der Waals surface area contributed by atoms with Crippen LogP contribution in [0.1, 0.15) is 39.6 Å². The monoisotopic (exact) mass is 509 g/mol. The van der Waals surface area contributed by atoms with Crippen LogP contribution in [-0.2, 0) is 4.74 Å². The summed E-state index contributed by atoms with van der Waals surface area (Å²) >= 11 is 2.11. The lowest BCUT2D eigenvalue weighted by Crippen LogP contribution is -2.37. The lowest BCUT2D eigenvalue weighted by atomic mass is 10.2. The van der Waals surface area contributed by atoms with Gasteiger partial charge in [-0.05, 0) is 80.6 Å². The minimum absolute atomic E-state index is 0.281. The fourth-order valence-electron chi connectivity index (χ4n) is 2.89. The summed E-state index contributed by atoms with van der Waals surface area (Å²) in [6.07, 6.45) is -0.632. The molecule has 3 aromatic rings. The third kappa shape index (κ3) is 4.75. The Hall–Kier alpha value is -2.49. The van der Waals surface area contributed by atoms with Gasteiger partial charge in [0, 0.05) is 3.57 Å². The molecule has 1 atom stereocenters. The number of nitrogens with zero attached hydrogens (tertiary/aromatic N) is 2. The average Bonchev–Trinajstić information content (AvgIpc) is 2.60. The van der Waals surface area contributed by atoms with Crippen molar-refractivity contribution < 1.29 is 13.9 Å². The number of carbonyl (C=O) groups excluding carboxylic acids is 1. The molecule has 0 aliphatic rings. The maximum absolute atomic E-state index is 13.9. The number of para-hydroxylation sites is 1. The van der Waals surface area contributed by atoms with Gasteiger partial charge in [0.25, 0.3) is 5.56 Å². The molecule has 1 aromatic heterocycles. The van der Waals surface area contributed by atoms with Gasteiger partial charge in [-0.15, -0.1) is 0 Å². The zero-order valence-corrected chi connectivity index (χ0v) is 18.7. The van der Waals surface area contributed by atoms with E-state index >= 15 is 0 Å². The minimum atomic E-state index is -0.668. The van der Waals surface area contributed by atoms with Crippen LogP contribution in [0.25, 0.3) is 16.6 Å². The molecule has 0 bridgehead atoms. The van der Waals surface area contributed by atoms with E-state index in [1.165, 1.54) is 22.8 Å². The van der Waals surface area contributed by atoms with Crippen LogP contribution in [0.15, 0.2) is 47.3 Å². The Kier molecular flexibility index (Phi) is 5.92. The van der Waals surface area contributed by atoms with Gasteiger partial charge in [-0.2, -0.15) is 0 Å². The van der Waals surface area contributed by atoms with Crippen LogP contribution < -0.4 is 10.9 Å². The highest BCUT2D eigenvalue weighted by Crippen LogP contribution is 2.22. The van der Waals surface area contributed by atoms with Crippen LogP contribution in [0.5, 0.6) is 0 Å². The molecule has 152 valence electrons. The van der Waals surface area contributed by atoms with Gasteiger partial charge >= 0.3 is 6.09 Å². The number of carbonyl (C=O) groups is 1. The lowest BCUT2D eigenvalue weighted by Gasteiger charge is -2.23. The second kappa shape index (κ2) is 8.10. The predicted octanol–water partition coefficient (Wildman–Crippen LogP) is 4.72. The molecule has 29 heavy (non-hydrogen) atoms. The molecule has 1 heterocycles. The second-order valence-electron chi connectivity index (χ2n) is 7.59. The van der Waals surface area contributed by atoms with Gasteiger partial charge in [-0.1, -0.05) is 12.1 Å². The fraction of sp³-hybridized carbons (Fsp3) is 0.286. The first kappa shape index (κ1) is 21.2. The Bertz CT molecular complexity index is 1140. The molecule has 0 aliphatic heterocycles. The summed E-state index contributed by atoms with van der Waals surface area (Å²) in [5.74, 6) is -0.195. The highest BCUT2D eigenvalue weighted by atomic mass is 127. The Morgan fingerprint density at radius 3 is 2.59 bits per heavy atom. The van der Waals surface area contributed by atoms with Crippen molar-refractivity contribution >= 4 is 39.6 Å².